The number of rotatable bonds is 8. The van der Waals surface area contributed by atoms with Crippen LogP contribution >= 0.6 is 0 Å². The smallest absolute Gasteiger partial charge is 0.383 e. The number of aromatic nitrogens is 6. The Kier molecular flexibility index (Phi) is 8.73. The third kappa shape index (κ3) is 6.89. The summed E-state index contributed by atoms with van der Waals surface area (Å²) in [6, 6.07) is 5.16. The van der Waals surface area contributed by atoms with E-state index in [1.165, 1.54) is 10.9 Å². The predicted molar refractivity (Wildman–Crippen MR) is 149 cm³/mol. The molecule has 14 heteroatoms. The Labute approximate surface area is 240 Å². The van der Waals surface area contributed by atoms with Crippen LogP contribution in [-0.4, -0.2) is 87.2 Å². The number of aryl methyl sites for hydroxylation is 1. The van der Waals surface area contributed by atoms with Crippen molar-refractivity contribution in [2.75, 3.05) is 56.7 Å². The van der Waals surface area contributed by atoms with Crippen LogP contribution in [0, 0.1) is 6.92 Å². The molecule has 0 bridgehead atoms. The van der Waals surface area contributed by atoms with Gasteiger partial charge in [-0.2, -0.15) is 13.2 Å². The Morgan fingerprint density at radius 2 is 1.93 bits per heavy atom. The Bertz CT molecular complexity index is 1540. The van der Waals surface area contributed by atoms with E-state index in [4.69, 9.17) is 4.74 Å². The van der Waals surface area contributed by atoms with Gasteiger partial charge in [0, 0.05) is 51.2 Å². The molecule has 0 spiro atoms. The molecule has 1 aliphatic heterocycles. The molecule has 11 nitrogen and oxygen atoms in total. The van der Waals surface area contributed by atoms with Crippen molar-refractivity contribution in [2.24, 2.45) is 0 Å². The van der Waals surface area contributed by atoms with E-state index in [0.717, 1.165) is 62.7 Å². The summed E-state index contributed by atoms with van der Waals surface area (Å²) in [5.41, 5.74) is 2.48. The van der Waals surface area contributed by atoms with E-state index in [9.17, 15) is 18.0 Å². The first-order chi connectivity index (χ1) is 20.2. The van der Waals surface area contributed by atoms with E-state index < -0.39 is 17.6 Å². The number of alkyl halides is 3. The van der Waals surface area contributed by atoms with Crippen LogP contribution in [0.15, 0.2) is 55.2 Å². The fourth-order valence-electron chi connectivity index (χ4n) is 4.68. The monoisotopic (exact) mass is 581 g/mol. The summed E-state index contributed by atoms with van der Waals surface area (Å²) in [6.07, 6.45) is 4.11. The average Bonchev–Trinajstić information content (AvgIpc) is 3.36. The van der Waals surface area contributed by atoms with Crippen LogP contribution < -0.4 is 10.2 Å². The maximum Gasteiger partial charge on any atom is 0.416 e. The first-order valence-corrected chi connectivity index (χ1v) is 13.4. The van der Waals surface area contributed by atoms with Gasteiger partial charge in [0.15, 0.2) is 0 Å². The Morgan fingerprint density at radius 3 is 2.74 bits per heavy atom. The van der Waals surface area contributed by atoms with Crippen molar-refractivity contribution in [1.29, 1.82) is 0 Å². The maximum absolute atomic E-state index is 13.1. The van der Waals surface area contributed by atoms with Crippen LogP contribution in [0.3, 0.4) is 0 Å². The van der Waals surface area contributed by atoms with Crippen LogP contribution in [0.25, 0.3) is 16.9 Å². The predicted octanol–water partition coefficient (Wildman–Crippen LogP) is 3.86. The lowest BCUT2D eigenvalue weighted by Crippen LogP contribution is -2.32. The van der Waals surface area contributed by atoms with E-state index in [1.54, 1.807) is 32.5 Å². The molecular weight excluding hydrogens is 551 g/mol. The number of hydrogen-bond donors (Lipinski definition) is 1. The van der Waals surface area contributed by atoms with Crippen molar-refractivity contribution in [3.63, 3.8) is 0 Å². The number of methoxy groups -OCH3 is 1. The highest BCUT2D eigenvalue weighted by Crippen LogP contribution is 2.29. The topological polar surface area (TPSA) is 114 Å². The second-order valence-corrected chi connectivity index (χ2v) is 9.87. The number of anilines is 2. The molecule has 1 fully saturated rings. The Hall–Kier alpha value is -4.43. The molecule has 0 radical (unpaired) electrons. The van der Waals surface area contributed by atoms with Gasteiger partial charge in [-0.15, -0.1) is 5.10 Å². The SMILES string of the molecule is COCCN1CCCN(c2cncc(-c3cn(-c4cc(NC(=O)c5cc(C(F)(F)F)ccn5)cnc4C)nn3)c2)CC1. The number of hydrogen-bond acceptors (Lipinski definition) is 9. The maximum atomic E-state index is 13.1. The van der Waals surface area contributed by atoms with Gasteiger partial charge in [-0.25, -0.2) is 4.68 Å². The number of carbonyl (C=O) groups excluding carboxylic acids is 1. The number of amides is 1. The highest BCUT2D eigenvalue weighted by molar-refractivity contribution is 6.03. The van der Waals surface area contributed by atoms with Crippen LogP contribution in [-0.2, 0) is 10.9 Å². The minimum atomic E-state index is -4.59. The van der Waals surface area contributed by atoms with E-state index in [-0.39, 0.29) is 11.4 Å². The summed E-state index contributed by atoms with van der Waals surface area (Å²) >= 11 is 0. The summed E-state index contributed by atoms with van der Waals surface area (Å²) in [5.74, 6) is -0.796. The number of carbonyl (C=O) groups is 1. The highest BCUT2D eigenvalue weighted by atomic mass is 19.4. The van der Waals surface area contributed by atoms with Crippen LogP contribution in [0.2, 0.25) is 0 Å². The van der Waals surface area contributed by atoms with E-state index in [0.29, 0.717) is 29.7 Å². The average molecular weight is 582 g/mol. The number of ether oxygens (including phenoxy) is 1. The molecule has 1 amide bonds. The van der Waals surface area contributed by atoms with Crippen molar-refractivity contribution in [3.8, 4) is 16.9 Å². The molecule has 0 aliphatic carbocycles. The van der Waals surface area contributed by atoms with Gasteiger partial charge in [-0.1, -0.05) is 5.21 Å². The van der Waals surface area contributed by atoms with Crippen molar-refractivity contribution >= 4 is 17.3 Å². The molecule has 0 saturated carbocycles. The molecule has 4 aromatic heterocycles. The van der Waals surface area contributed by atoms with Gasteiger partial charge < -0.3 is 15.0 Å². The Balaban J connectivity index is 1.31. The molecule has 0 atom stereocenters. The lowest BCUT2D eigenvalue weighted by molar-refractivity contribution is -0.137. The van der Waals surface area contributed by atoms with Crippen LogP contribution in [0.4, 0.5) is 24.5 Å². The van der Waals surface area contributed by atoms with Crippen molar-refractivity contribution in [3.05, 3.63) is 72.2 Å². The molecular formula is C28H30F3N9O2. The summed E-state index contributed by atoms with van der Waals surface area (Å²) in [5, 5.41) is 11.1. The largest absolute Gasteiger partial charge is 0.416 e. The zero-order valence-electron chi connectivity index (χ0n) is 23.2. The summed E-state index contributed by atoms with van der Waals surface area (Å²) in [6.45, 7) is 7.14. The quantitative estimate of drug-likeness (QED) is 0.331. The fourth-order valence-corrected chi connectivity index (χ4v) is 4.68. The van der Waals surface area contributed by atoms with Crippen molar-refractivity contribution in [2.45, 2.75) is 19.5 Å². The minimum absolute atomic E-state index is 0.265. The highest BCUT2D eigenvalue weighted by Gasteiger charge is 2.31. The van der Waals surface area contributed by atoms with E-state index >= 15 is 0 Å². The Morgan fingerprint density at radius 1 is 1.07 bits per heavy atom. The molecule has 0 unspecified atom stereocenters. The van der Waals surface area contributed by atoms with Gasteiger partial charge in [0.25, 0.3) is 5.91 Å². The first kappa shape index (κ1) is 29.1. The molecule has 0 aromatic carbocycles. The molecule has 4 aromatic rings. The molecule has 1 aliphatic rings. The van der Waals surface area contributed by atoms with Crippen molar-refractivity contribution < 1.29 is 22.7 Å². The molecule has 5 rings (SSSR count). The summed E-state index contributed by atoms with van der Waals surface area (Å²) < 4.78 is 45.9. The van der Waals surface area contributed by atoms with Gasteiger partial charge in [0.2, 0.25) is 0 Å². The molecule has 42 heavy (non-hydrogen) atoms. The third-order valence-corrected chi connectivity index (χ3v) is 6.96. The fraction of sp³-hybridized carbons (Fsp3) is 0.357. The van der Waals surface area contributed by atoms with E-state index in [2.05, 4.69) is 40.4 Å². The van der Waals surface area contributed by atoms with Gasteiger partial charge in [0.1, 0.15) is 11.4 Å². The molecule has 1 N–H and O–H groups in total. The lowest BCUT2D eigenvalue weighted by atomic mass is 10.2. The lowest BCUT2D eigenvalue weighted by Gasteiger charge is -2.23. The minimum Gasteiger partial charge on any atom is -0.383 e. The summed E-state index contributed by atoms with van der Waals surface area (Å²) in [7, 11) is 1.71. The zero-order chi connectivity index (χ0) is 29.7. The normalized spacial score (nSPS) is 14.5. The van der Waals surface area contributed by atoms with Crippen LogP contribution in [0.1, 0.15) is 28.2 Å². The molecule has 220 valence electrons. The van der Waals surface area contributed by atoms with Gasteiger partial charge in [-0.3, -0.25) is 24.6 Å². The first-order valence-electron chi connectivity index (χ1n) is 13.4. The van der Waals surface area contributed by atoms with Gasteiger partial charge in [-0.05, 0) is 44.2 Å². The van der Waals surface area contributed by atoms with Crippen LogP contribution in [0.5, 0.6) is 0 Å². The second-order valence-electron chi connectivity index (χ2n) is 9.87. The van der Waals surface area contributed by atoms with E-state index in [1.807, 2.05) is 12.3 Å². The second kappa shape index (κ2) is 12.6. The number of halogens is 3. The molecule has 5 heterocycles. The zero-order valence-corrected chi connectivity index (χ0v) is 23.2. The summed E-state index contributed by atoms with van der Waals surface area (Å²) in [4.78, 5) is 29.9. The van der Waals surface area contributed by atoms with Gasteiger partial charge in [0.05, 0.1) is 53.5 Å². The standard InChI is InChI=1S/C28H30F3N9O2/c1-19-26(14-22(16-34-19)35-27(41)24-13-21(4-5-33-24)28(29,30)31)40-18-25(36-37-40)20-12-23(17-32-15-20)39-7-3-6-38(8-9-39)10-11-42-2/h4-5,12-18H,3,6-11H2,1-2H3,(H,35,41). The van der Waals surface area contributed by atoms with Gasteiger partial charge >= 0.3 is 6.18 Å². The third-order valence-electron chi connectivity index (χ3n) is 6.96. The number of nitrogens with one attached hydrogen (secondary N) is 1. The number of nitrogens with zero attached hydrogens (tertiary/aromatic N) is 8. The molecule has 1 saturated heterocycles. The number of pyridine rings is 3. The van der Waals surface area contributed by atoms with Crippen molar-refractivity contribution in [1.82, 2.24) is 34.8 Å².